The van der Waals surface area contributed by atoms with E-state index in [1.807, 2.05) is 10.6 Å². The summed E-state index contributed by atoms with van der Waals surface area (Å²) in [6, 6.07) is 3.05. The van der Waals surface area contributed by atoms with Crippen LogP contribution in [0.3, 0.4) is 0 Å². The molecule has 4 amide bonds. The molecule has 1 saturated heterocycles. The molecule has 0 radical (unpaired) electrons. The van der Waals surface area contributed by atoms with Crippen LogP contribution < -0.4 is 15.4 Å². The smallest absolute Gasteiger partial charge is 0.328 e. The number of nitrogens with one attached hydrogen (secondary N) is 2. The van der Waals surface area contributed by atoms with Gasteiger partial charge in [-0.3, -0.25) is 20.2 Å². The molecule has 0 spiro atoms. The molecule has 3 rings (SSSR count). The Morgan fingerprint density at radius 1 is 1.28 bits per heavy atom. The second kappa shape index (κ2) is 7.91. The molecule has 9 nitrogen and oxygen atoms in total. The van der Waals surface area contributed by atoms with Crippen LogP contribution in [0, 0.1) is 30.8 Å². The van der Waals surface area contributed by atoms with Crippen LogP contribution in [0.2, 0.25) is 0 Å². The van der Waals surface area contributed by atoms with Crippen molar-refractivity contribution in [3.63, 3.8) is 0 Å². The topological polar surface area (TPSA) is 127 Å². The van der Waals surface area contributed by atoms with Gasteiger partial charge in [0.1, 0.15) is 35.6 Å². The van der Waals surface area contributed by atoms with E-state index in [-0.39, 0.29) is 30.2 Å². The first-order chi connectivity index (χ1) is 13.7. The molecule has 0 bridgehead atoms. The van der Waals surface area contributed by atoms with E-state index in [1.165, 1.54) is 16.7 Å². The maximum Gasteiger partial charge on any atom is 0.328 e. The van der Waals surface area contributed by atoms with Crippen molar-refractivity contribution in [1.82, 2.24) is 15.2 Å². The van der Waals surface area contributed by atoms with Crippen LogP contribution >= 0.6 is 15.9 Å². The largest absolute Gasteiger partial charge is 0.711 e. The minimum Gasteiger partial charge on any atom is -0.711 e. The maximum absolute atomic E-state index is 14.9. The number of aromatic nitrogens is 2. The zero-order chi connectivity index (χ0) is 21.5. The number of hydrogen-bond donors (Lipinski definition) is 3. The van der Waals surface area contributed by atoms with E-state index in [1.54, 1.807) is 13.8 Å². The molecule has 154 valence electrons. The van der Waals surface area contributed by atoms with E-state index < -0.39 is 35.5 Å². The Bertz CT molecular complexity index is 1000. The summed E-state index contributed by atoms with van der Waals surface area (Å²) in [4.78, 5) is 36.6. The summed E-state index contributed by atoms with van der Waals surface area (Å²) in [7, 11) is 0. The van der Waals surface area contributed by atoms with Gasteiger partial charge >= 0.3 is 6.03 Å². The van der Waals surface area contributed by atoms with E-state index in [2.05, 4.69) is 15.9 Å². The third kappa shape index (κ3) is 3.62. The Labute approximate surface area is 173 Å². The van der Waals surface area contributed by atoms with Gasteiger partial charge in [-0.1, -0.05) is 22.0 Å². The molecule has 1 aliphatic rings. The molecule has 1 aromatic carbocycles. The van der Waals surface area contributed by atoms with E-state index in [0.29, 0.717) is 14.9 Å². The predicted molar refractivity (Wildman–Crippen MR) is 101 cm³/mol. The van der Waals surface area contributed by atoms with E-state index in [9.17, 15) is 29.1 Å². The van der Waals surface area contributed by atoms with Crippen LogP contribution in [-0.4, -0.2) is 34.1 Å². The van der Waals surface area contributed by atoms with Crippen LogP contribution in [0.1, 0.15) is 28.7 Å². The molecule has 1 aromatic heterocycles. The number of carbonyl (C=O) groups is 3. The van der Waals surface area contributed by atoms with Crippen molar-refractivity contribution in [2.45, 2.75) is 26.3 Å². The lowest BCUT2D eigenvalue weighted by Gasteiger charge is -2.28. The van der Waals surface area contributed by atoms with Crippen LogP contribution in [0.15, 0.2) is 22.7 Å². The highest BCUT2D eigenvalue weighted by Crippen LogP contribution is 2.35. The van der Waals surface area contributed by atoms with Gasteiger partial charge in [0, 0.05) is 23.9 Å². The Kier molecular flexibility index (Phi) is 5.71. The lowest BCUT2D eigenvalue weighted by Crippen LogP contribution is -2.58. The van der Waals surface area contributed by atoms with Crippen LogP contribution in [-0.2, 0) is 16.1 Å². The minimum absolute atomic E-state index is 0.000776. The summed E-state index contributed by atoms with van der Waals surface area (Å²) < 4.78 is 17.3. The molecule has 0 saturated carbocycles. The number of hydrogen-bond acceptors (Lipinski definition) is 5. The fraction of sp³-hybridized carbons (Fsp3) is 0.333. The number of amides is 4. The third-order valence-electron chi connectivity index (χ3n) is 4.99. The standard InChI is InChI=1S/C18H18BrFN4O5/c1-8-9(2)24(29)17(23(8)5-6-25)13(11-4-3-10(19)7-12(11)20)14-15(26)21-18(28)22-16(14)27/h3-4,7,13-14,25H,5-6H2,1-2H3,(H2,21,22,26,27,28)/t13-/m0/s1. The first-order valence-corrected chi connectivity index (χ1v) is 9.47. The summed E-state index contributed by atoms with van der Waals surface area (Å²) in [5.74, 6) is -5.63. The van der Waals surface area contributed by atoms with Gasteiger partial charge in [-0.2, -0.15) is 0 Å². The average Bonchev–Trinajstić information content (AvgIpc) is 2.83. The van der Waals surface area contributed by atoms with Gasteiger partial charge < -0.3 is 10.3 Å². The van der Waals surface area contributed by atoms with Gasteiger partial charge in [-0.25, -0.2) is 18.5 Å². The van der Waals surface area contributed by atoms with Crippen LogP contribution in [0.25, 0.3) is 0 Å². The number of urea groups is 1. The number of aliphatic hydroxyl groups excluding tert-OH is 1. The molecule has 11 heteroatoms. The van der Waals surface area contributed by atoms with Crippen LogP contribution in [0.5, 0.6) is 0 Å². The number of imidazole rings is 1. The van der Waals surface area contributed by atoms with Crippen molar-refractivity contribution < 1.29 is 28.6 Å². The lowest BCUT2D eigenvalue weighted by atomic mass is 9.82. The minimum atomic E-state index is -1.57. The molecule has 1 aliphatic heterocycles. The Morgan fingerprint density at radius 2 is 1.90 bits per heavy atom. The number of halogens is 2. The van der Waals surface area contributed by atoms with Gasteiger partial charge in [0.15, 0.2) is 0 Å². The SMILES string of the molecule is Cc1c(C)[n+]([O-])c([C@@H](c2ccc(Br)cc2F)C2C(=O)NC(=O)NC2=O)n1CCO. The number of barbiturate groups is 1. The number of nitrogens with zero attached hydrogens (tertiary/aromatic N) is 2. The van der Waals surface area contributed by atoms with Crippen molar-refractivity contribution in [2.75, 3.05) is 6.61 Å². The van der Waals surface area contributed by atoms with Crippen molar-refractivity contribution in [3.05, 3.63) is 56.5 Å². The Balaban J connectivity index is 2.30. The van der Waals surface area contributed by atoms with Crippen LogP contribution in [0.4, 0.5) is 9.18 Å². The Hall–Kier alpha value is -2.79. The third-order valence-corrected chi connectivity index (χ3v) is 5.48. The number of benzene rings is 1. The summed E-state index contributed by atoms with van der Waals surface area (Å²) in [5.41, 5.74) is 0.710. The monoisotopic (exact) mass is 468 g/mol. The van der Waals surface area contributed by atoms with Gasteiger partial charge in [-0.15, -0.1) is 0 Å². The summed E-state index contributed by atoms with van der Waals surface area (Å²) in [6.07, 6.45) is 0. The molecule has 0 unspecified atom stereocenters. The van der Waals surface area contributed by atoms with Crippen molar-refractivity contribution in [2.24, 2.45) is 5.92 Å². The van der Waals surface area contributed by atoms with Gasteiger partial charge in [0.2, 0.25) is 11.8 Å². The van der Waals surface area contributed by atoms with Crippen molar-refractivity contribution in [3.8, 4) is 0 Å². The predicted octanol–water partition coefficient (Wildman–Crippen LogP) is 0.746. The van der Waals surface area contributed by atoms with Gasteiger partial charge in [0.05, 0.1) is 6.61 Å². The highest BCUT2D eigenvalue weighted by Gasteiger charge is 2.48. The summed E-state index contributed by atoms with van der Waals surface area (Å²) in [6.45, 7) is 2.86. The fourth-order valence-corrected chi connectivity index (χ4v) is 3.86. The lowest BCUT2D eigenvalue weighted by molar-refractivity contribution is -0.621. The van der Waals surface area contributed by atoms with Crippen molar-refractivity contribution in [1.29, 1.82) is 0 Å². The van der Waals surface area contributed by atoms with E-state index >= 15 is 0 Å². The first-order valence-electron chi connectivity index (χ1n) is 8.68. The van der Waals surface area contributed by atoms with E-state index in [0.717, 1.165) is 6.07 Å². The zero-order valence-electron chi connectivity index (χ0n) is 15.5. The van der Waals surface area contributed by atoms with Gasteiger partial charge in [-0.05, 0) is 12.1 Å². The number of aliphatic hydroxyl groups is 1. The number of imide groups is 2. The molecular weight excluding hydrogens is 451 g/mol. The molecule has 0 aliphatic carbocycles. The van der Waals surface area contributed by atoms with Crippen molar-refractivity contribution >= 4 is 33.8 Å². The average molecular weight is 469 g/mol. The second-order valence-corrected chi connectivity index (χ2v) is 7.54. The molecule has 2 heterocycles. The second-order valence-electron chi connectivity index (χ2n) is 6.63. The van der Waals surface area contributed by atoms with Gasteiger partial charge in [0.25, 0.3) is 5.82 Å². The first kappa shape index (κ1) is 20.9. The number of carbonyl (C=O) groups excluding carboxylic acids is 3. The molecule has 3 N–H and O–H groups in total. The fourth-order valence-electron chi connectivity index (χ4n) is 3.53. The molecule has 29 heavy (non-hydrogen) atoms. The molecular formula is C18H18BrFN4O5. The zero-order valence-corrected chi connectivity index (χ0v) is 17.1. The molecule has 1 atom stereocenters. The molecule has 1 fully saturated rings. The highest BCUT2D eigenvalue weighted by molar-refractivity contribution is 9.10. The number of rotatable bonds is 5. The highest BCUT2D eigenvalue weighted by atomic mass is 79.9. The quantitative estimate of drug-likeness (QED) is 0.338. The normalized spacial score (nSPS) is 16.0. The maximum atomic E-state index is 14.9. The van der Waals surface area contributed by atoms with E-state index in [4.69, 9.17) is 0 Å². The Morgan fingerprint density at radius 3 is 2.45 bits per heavy atom. The molecule has 2 aromatic rings. The summed E-state index contributed by atoms with van der Waals surface area (Å²) in [5, 5.41) is 26.4. The summed E-state index contributed by atoms with van der Waals surface area (Å²) >= 11 is 3.15.